The molecule has 0 aromatic rings. The molecule has 2 bridgehead atoms. The number of fused-ring (bicyclic) bond motifs is 2. The highest BCUT2D eigenvalue weighted by atomic mass is 16.5. The van der Waals surface area contributed by atoms with Crippen LogP contribution in [0.3, 0.4) is 0 Å². The second-order valence-electron chi connectivity index (χ2n) is 5.68. The van der Waals surface area contributed by atoms with E-state index < -0.39 is 0 Å². The minimum atomic E-state index is -0.267. The van der Waals surface area contributed by atoms with Crippen molar-refractivity contribution in [3.8, 4) is 0 Å². The van der Waals surface area contributed by atoms with Crippen LogP contribution in [0.25, 0.3) is 0 Å². The van der Waals surface area contributed by atoms with Crippen molar-refractivity contribution in [1.29, 1.82) is 0 Å². The molecule has 3 fully saturated rings. The van der Waals surface area contributed by atoms with Crippen molar-refractivity contribution >= 4 is 5.91 Å². The zero-order valence-corrected chi connectivity index (χ0v) is 10.0. The molecular formula is C12H20N2O2. The lowest BCUT2D eigenvalue weighted by atomic mass is 9.85. The zero-order chi connectivity index (χ0) is 11.3. The van der Waals surface area contributed by atoms with Gasteiger partial charge in [-0.1, -0.05) is 0 Å². The number of piperidine rings is 1. The first-order valence-corrected chi connectivity index (χ1v) is 6.27. The lowest BCUT2D eigenvalue weighted by molar-refractivity contribution is -0.185. The Labute approximate surface area is 96.3 Å². The van der Waals surface area contributed by atoms with E-state index in [1.54, 1.807) is 0 Å². The molecule has 0 saturated carbocycles. The first kappa shape index (κ1) is 10.5. The predicted molar refractivity (Wildman–Crippen MR) is 60.1 cm³/mol. The van der Waals surface area contributed by atoms with Crippen molar-refractivity contribution in [1.82, 2.24) is 10.2 Å². The number of rotatable bonds is 0. The molecule has 3 saturated heterocycles. The predicted octanol–water partition coefficient (Wildman–Crippen LogP) is 0.517. The first-order chi connectivity index (χ1) is 7.58. The van der Waals surface area contributed by atoms with Crippen LogP contribution in [0.5, 0.6) is 0 Å². The van der Waals surface area contributed by atoms with Gasteiger partial charge in [-0.2, -0.15) is 0 Å². The van der Waals surface area contributed by atoms with E-state index in [0.29, 0.717) is 12.1 Å². The molecule has 0 aromatic heterocycles. The molecule has 1 amide bonds. The van der Waals surface area contributed by atoms with Crippen LogP contribution in [0.15, 0.2) is 0 Å². The Balaban J connectivity index is 1.81. The fourth-order valence-corrected chi connectivity index (χ4v) is 3.71. The van der Waals surface area contributed by atoms with Crippen molar-refractivity contribution in [3.63, 3.8) is 0 Å². The third kappa shape index (κ3) is 1.55. The molecule has 4 nitrogen and oxygen atoms in total. The van der Waals surface area contributed by atoms with Crippen LogP contribution in [0.4, 0.5) is 0 Å². The van der Waals surface area contributed by atoms with E-state index in [1.807, 2.05) is 18.9 Å². The van der Waals surface area contributed by atoms with Gasteiger partial charge in [-0.3, -0.25) is 4.79 Å². The minimum absolute atomic E-state index is 0.0703. The number of nitrogens with one attached hydrogen (secondary N) is 1. The maximum Gasteiger partial charge on any atom is 0.251 e. The smallest absolute Gasteiger partial charge is 0.251 e. The minimum Gasteiger partial charge on any atom is -0.360 e. The Kier molecular flexibility index (Phi) is 2.27. The fourth-order valence-electron chi connectivity index (χ4n) is 3.71. The van der Waals surface area contributed by atoms with Crippen LogP contribution >= 0.6 is 0 Å². The van der Waals surface area contributed by atoms with Gasteiger partial charge in [0, 0.05) is 25.7 Å². The molecule has 4 heteroatoms. The van der Waals surface area contributed by atoms with Crippen LogP contribution in [-0.2, 0) is 9.53 Å². The van der Waals surface area contributed by atoms with Crippen LogP contribution in [0.1, 0.15) is 32.6 Å². The van der Waals surface area contributed by atoms with Crippen LogP contribution in [0.2, 0.25) is 0 Å². The number of carbonyl (C=O) groups is 1. The summed E-state index contributed by atoms with van der Waals surface area (Å²) < 4.78 is 6.05. The first-order valence-electron chi connectivity index (χ1n) is 6.27. The normalized spacial score (nSPS) is 47.8. The van der Waals surface area contributed by atoms with Crippen LogP contribution < -0.4 is 5.32 Å². The Hall–Kier alpha value is -0.610. The van der Waals surface area contributed by atoms with Crippen molar-refractivity contribution < 1.29 is 9.53 Å². The summed E-state index contributed by atoms with van der Waals surface area (Å²) in [5.41, 5.74) is -0.0703. The average molecular weight is 224 g/mol. The van der Waals surface area contributed by atoms with Crippen molar-refractivity contribution in [3.05, 3.63) is 0 Å². The molecule has 3 aliphatic rings. The number of carbonyl (C=O) groups excluding carboxylic acids is 1. The van der Waals surface area contributed by atoms with Gasteiger partial charge in [-0.05, 0) is 32.6 Å². The quantitative estimate of drug-likeness (QED) is 0.652. The van der Waals surface area contributed by atoms with E-state index in [1.165, 1.54) is 12.8 Å². The summed E-state index contributed by atoms with van der Waals surface area (Å²) in [6.45, 7) is 2.65. The summed E-state index contributed by atoms with van der Waals surface area (Å²) in [6.07, 6.45) is 4.39. The number of amides is 1. The fraction of sp³-hybridized carbons (Fsp3) is 0.917. The molecule has 3 aliphatic heterocycles. The van der Waals surface area contributed by atoms with E-state index >= 15 is 0 Å². The van der Waals surface area contributed by atoms with E-state index in [2.05, 4.69) is 5.32 Å². The number of hydrogen-bond donors (Lipinski definition) is 1. The lowest BCUT2D eigenvalue weighted by Crippen LogP contribution is -2.62. The molecule has 3 unspecified atom stereocenters. The lowest BCUT2D eigenvalue weighted by Gasteiger charge is -2.48. The van der Waals surface area contributed by atoms with Gasteiger partial charge in [0.2, 0.25) is 0 Å². The highest BCUT2D eigenvalue weighted by Crippen LogP contribution is 2.39. The third-order valence-corrected chi connectivity index (χ3v) is 4.25. The molecule has 90 valence electrons. The summed E-state index contributed by atoms with van der Waals surface area (Å²) in [5, 5.41) is 3.62. The second-order valence-corrected chi connectivity index (χ2v) is 5.68. The molecule has 3 rings (SSSR count). The molecule has 3 atom stereocenters. The summed E-state index contributed by atoms with van der Waals surface area (Å²) in [5.74, 6) is 0.122. The average Bonchev–Trinajstić information content (AvgIpc) is 2.55. The van der Waals surface area contributed by atoms with Gasteiger partial charge in [0.25, 0.3) is 5.91 Å². The van der Waals surface area contributed by atoms with Gasteiger partial charge in [0.1, 0.15) is 6.10 Å². The monoisotopic (exact) mass is 224 g/mol. The molecule has 1 N–H and O–H groups in total. The number of morpholine rings is 1. The Morgan fingerprint density at radius 2 is 2.00 bits per heavy atom. The van der Waals surface area contributed by atoms with Crippen molar-refractivity contribution in [2.75, 3.05) is 13.6 Å². The maximum atomic E-state index is 11.7. The summed E-state index contributed by atoms with van der Waals surface area (Å²) >= 11 is 0. The number of likely N-dealkylation sites (N-methyl/N-ethyl adjacent to an activating group) is 1. The summed E-state index contributed by atoms with van der Waals surface area (Å²) in [6, 6.07) is 1.21. The van der Waals surface area contributed by atoms with Gasteiger partial charge < -0.3 is 15.0 Å². The van der Waals surface area contributed by atoms with Gasteiger partial charge in [0.15, 0.2) is 0 Å². The van der Waals surface area contributed by atoms with E-state index in [4.69, 9.17) is 4.74 Å². The molecule has 0 aromatic carbocycles. The number of ether oxygens (including phenoxy) is 1. The van der Waals surface area contributed by atoms with Crippen LogP contribution in [-0.4, -0.2) is 48.2 Å². The van der Waals surface area contributed by atoms with Gasteiger partial charge >= 0.3 is 0 Å². The Morgan fingerprint density at radius 1 is 1.38 bits per heavy atom. The maximum absolute atomic E-state index is 11.7. The molecule has 16 heavy (non-hydrogen) atoms. The van der Waals surface area contributed by atoms with E-state index in [9.17, 15) is 4.79 Å². The van der Waals surface area contributed by atoms with Crippen molar-refractivity contribution in [2.24, 2.45) is 0 Å². The standard InChI is InChI=1S/C12H20N2O2/c1-8-11(15)14(2)7-12(16-8)5-9-3-4-10(6-12)13-9/h8-10,13H,3-7H2,1-2H3. The summed E-state index contributed by atoms with van der Waals surface area (Å²) in [7, 11) is 1.90. The molecule has 0 aliphatic carbocycles. The van der Waals surface area contributed by atoms with Gasteiger partial charge in [-0.25, -0.2) is 0 Å². The van der Waals surface area contributed by atoms with Gasteiger partial charge in [-0.15, -0.1) is 0 Å². The molecule has 0 radical (unpaired) electrons. The Bertz CT molecular complexity index is 290. The van der Waals surface area contributed by atoms with Crippen LogP contribution in [0, 0.1) is 0 Å². The highest BCUT2D eigenvalue weighted by Gasteiger charge is 2.49. The largest absolute Gasteiger partial charge is 0.360 e. The molecule has 1 spiro atoms. The highest BCUT2D eigenvalue weighted by molar-refractivity contribution is 5.81. The Morgan fingerprint density at radius 3 is 2.56 bits per heavy atom. The van der Waals surface area contributed by atoms with Gasteiger partial charge in [0.05, 0.1) is 5.60 Å². The SMILES string of the molecule is CC1OC2(CC3CCC(C2)N3)CN(C)C1=O. The topological polar surface area (TPSA) is 41.6 Å². The summed E-state index contributed by atoms with van der Waals surface area (Å²) in [4.78, 5) is 13.6. The second kappa shape index (κ2) is 3.44. The number of hydrogen-bond acceptors (Lipinski definition) is 3. The van der Waals surface area contributed by atoms with Crippen molar-refractivity contribution in [2.45, 2.75) is 56.4 Å². The number of nitrogens with zero attached hydrogens (tertiary/aromatic N) is 1. The zero-order valence-electron chi connectivity index (χ0n) is 10.0. The van der Waals surface area contributed by atoms with E-state index in [0.717, 1.165) is 19.4 Å². The molecule has 3 heterocycles. The third-order valence-electron chi connectivity index (χ3n) is 4.25. The molecular weight excluding hydrogens is 204 g/mol. The van der Waals surface area contributed by atoms with E-state index in [-0.39, 0.29) is 17.6 Å².